The third kappa shape index (κ3) is 5.97. The lowest BCUT2D eigenvalue weighted by molar-refractivity contribution is -0.128. The lowest BCUT2D eigenvalue weighted by Gasteiger charge is -2.15. The van der Waals surface area contributed by atoms with Crippen molar-refractivity contribution in [1.82, 2.24) is 9.62 Å². The van der Waals surface area contributed by atoms with Crippen LogP contribution in [0.3, 0.4) is 0 Å². The first kappa shape index (κ1) is 22.3. The number of carbonyl (C=O) groups is 2. The first-order valence-electron chi connectivity index (χ1n) is 8.66. The molecule has 154 valence electrons. The van der Waals surface area contributed by atoms with Crippen molar-refractivity contribution in [3.8, 4) is 0 Å². The van der Waals surface area contributed by atoms with E-state index in [4.69, 9.17) is 0 Å². The number of nitrogens with zero attached hydrogens (tertiary/aromatic N) is 1. The summed E-state index contributed by atoms with van der Waals surface area (Å²) >= 11 is 0. The molecule has 9 heteroatoms. The van der Waals surface area contributed by atoms with Crippen LogP contribution in [0.15, 0.2) is 60.0 Å². The summed E-state index contributed by atoms with van der Waals surface area (Å²) in [5.41, 5.74) is 1.25. The Hall–Kier alpha value is -3.04. The molecule has 2 aromatic carbocycles. The smallest absolute Gasteiger partial charge is 0.255 e. The van der Waals surface area contributed by atoms with Crippen molar-refractivity contribution in [3.05, 3.63) is 72.1 Å². The topological polar surface area (TPSA) is 95.6 Å². The summed E-state index contributed by atoms with van der Waals surface area (Å²) in [7, 11) is -2.46. The van der Waals surface area contributed by atoms with E-state index in [2.05, 4.69) is 16.6 Å². The number of amides is 2. The van der Waals surface area contributed by atoms with Crippen LogP contribution in [0, 0.1) is 5.82 Å². The van der Waals surface area contributed by atoms with Gasteiger partial charge in [0.15, 0.2) is 0 Å². The molecule has 0 radical (unpaired) electrons. The fraction of sp³-hybridized carbons (Fsp3) is 0.200. The second-order valence-corrected chi connectivity index (χ2v) is 8.05. The number of rotatable bonds is 8. The lowest BCUT2D eigenvalue weighted by atomic mass is 10.1. The number of nitrogens with one attached hydrogen (secondary N) is 2. The van der Waals surface area contributed by atoms with Crippen molar-refractivity contribution in [2.75, 3.05) is 18.9 Å². The van der Waals surface area contributed by atoms with E-state index in [0.717, 1.165) is 17.7 Å². The van der Waals surface area contributed by atoms with E-state index in [1.54, 1.807) is 25.2 Å². The van der Waals surface area contributed by atoms with Gasteiger partial charge in [0.1, 0.15) is 10.7 Å². The number of hydrogen-bond donors (Lipinski definition) is 2. The largest absolute Gasteiger partial charge is 0.342 e. The summed E-state index contributed by atoms with van der Waals surface area (Å²) < 4.78 is 40.5. The van der Waals surface area contributed by atoms with Crippen LogP contribution < -0.4 is 10.0 Å². The van der Waals surface area contributed by atoms with Crippen LogP contribution in [0.25, 0.3) is 0 Å². The second kappa shape index (κ2) is 9.44. The van der Waals surface area contributed by atoms with Crippen LogP contribution in [-0.4, -0.2) is 38.7 Å². The van der Waals surface area contributed by atoms with E-state index in [-0.39, 0.29) is 18.0 Å². The van der Waals surface area contributed by atoms with Crippen molar-refractivity contribution in [1.29, 1.82) is 0 Å². The maximum atomic E-state index is 14.0. The number of anilines is 1. The summed E-state index contributed by atoms with van der Waals surface area (Å²) in [5, 5.41) is 2.65. The molecular weight excluding hydrogens is 397 g/mol. The fourth-order valence-electron chi connectivity index (χ4n) is 2.43. The molecule has 29 heavy (non-hydrogen) atoms. The molecule has 0 saturated carbocycles. The molecule has 0 aliphatic carbocycles. The predicted octanol–water partition coefficient (Wildman–Crippen LogP) is 2.52. The molecule has 0 heterocycles. The van der Waals surface area contributed by atoms with Gasteiger partial charge in [0.2, 0.25) is 15.9 Å². The van der Waals surface area contributed by atoms with Crippen molar-refractivity contribution in [3.63, 3.8) is 0 Å². The Morgan fingerprint density at radius 3 is 2.59 bits per heavy atom. The van der Waals surface area contributed by atoms with Crippen molar-refractivity contribution in [2.45, 2.75) is 18.4 Å². The summed E-state index contributed by atoms with van der Waals surface area (Å²) in [5.74, 6) is -1.65. The lowest BCUT2D eigenvalue weighted by Crippen LogP contribution is -2.25. The van der Waals surface area contributed by atoms with E-state index >= 15 is 0 Å². The summed E-state index contributed by atoms with van der Waals surface area (Å²) in [4.78, 5) is 24.8. The quantitative estimate of drug-likeness (QED) is 0.643. The Bertz CT molecular complexity index is 1040. The first-order valence-corrected chi connectivity index (χ1v) is 10.1. The molecule has 0 aromatic heterocycles. The Balaban J connectivity index is 2.22. The van der Waals surface area contributed by atoms with E-state index in [0.29, 0.717) is 12.2 Å². The second-order valence-electron chi connectivity index (χ2n) is 6.32. The van der Waals surface area contributed by atoms with Gasteiger partial charge in [0.05, 0.1) is 0 Å². The van der Waals surface area contributed by atoms with Crippen LogP contribution in [0.1, 0.15) is 22.8 Å². The summed E-state index contributed by atoms with van der Waals surface area (Å²) in [6.45, 7) is 5.15. The van der Waals surface area contributed by atoms with Gasteiger partial charge in [0, 0.05) is 38.3 Å². The molecule has 7 nitrogen and oxygen atoms in total. The predicted molar refractivity (Wildman–Crippen MR) is 108 cm³/mol. The highest BCUT2D eigenvalue weighted by Gasteiger charge is 2.20. The van der Waals surface area contributed by atoms with Gasteiger partial charge in [-0.2, -0.15) is 0 Å². The SMILES string of the molecule is C=CCNS(=O)(=O)c1cc(C(=O)Nc2cccc(CN(C)C(C)=O)c2)ccc1F. The molecule has 2 aromatic rings. The molecule has 0 bridgehead atoms. The normalized spacial score (nSPS) is 11.0. The highest BCUT2D eigenvalue weighted by molar-refractivity contribution is 7.89. The fourth-order valence-corrected chi connectivity index (χ4v) is 3.53. The number of sulfonamides is 1. The van der Waals surface area contributed by atoms with Gasteiger partial charge in [0.25, 0.3) is 5.91 Å². The van der Waals surface area contributed by atoms with Crippen LogP contribution in [-0.2, 0) is 21.4 Å². The molecule has 2 rings (SSSR count). The minimum absolute atomic E-state index is 0.0170. The molecule has 2 amide bonds. The third-order valence-corrected chi connectivity index (χ3v) is 5.48. The number of carbonyl (C=O) groups excluding carboxylic acids is 2. The molecule has 0 saturated heterocycles. The molecule has 0 unspecified atom stereocenters. The average molecular weight is 419 g/mol. The number of benzene rings is 2. The van der Waals surface area contributed by atoms with Crippen molar-refractivity contribution < 1.29 is 22.4 Å². The summed E-state index contributed by atoms with van der Waals surface area (Å²) in [6, 6.07) is 9.98. The van der Waals surface area contributed by atoms with Gasteiger partial charge in [-0.25, -0.2) is 17.5 Å². The van der Waals surface area contributed by atoms with E-state index < -0.39 is 26.6 Å². The van der Waals surface area contributed by atoms with Crippen LogP contribution >= 0.6 is 0 Å². The van der Waals surface area contributed by atoms with Gasteiger partial charge in [-0.05, 0) is 35.9 Å². The molecule has 2 N–H and O–H groups in total. The summed E-state index contributed by atoms with van der Waals surface area (Å²) in [6.07, 6.45) is 1.32. The van der Waals surface area contributed by atoms with E-state index in [9.17, 15) is 22.4 Å². The number of halogens is 1. The van der Waals surface area contributed by atoms with Gasteiger partial charge in [-0.1, -0.05) is 18.2 Å². The third-order valence-electron chi connectivity index (χ3n) is 4.04. The Morgan fingerprint density at radius 2 is 1.93 bits per heavy atom. The van der Waals surface area contributed by atoms with Gasteiger partial charge in [-0.15, -0.1) is 6.58 Å². The minimum atomic E-state index is -4.12. The molecule has 0 spiro atoms. The van der Waals surface area contributed by atoms with Crippen molar-refractivity contribution in [2.24, 2.45) is 0 Å². The maximum Gasteiger partial charge on any atom is 0.255 e. The van der Waals surface area contributed by atoms with Gasteiger partial charge >= 0.3 is 0 Å². The standard InChI is InChI=1S/C20H22FN3O4S/c1-4-10-22-29(27,28)19-12-16(8-9-18(19)21)20(26)23-17-7-5-6-15(11-17)13-24(3)14(2)25/h4-9,11-12,22H,1,10,13H2,2-3H3,(H,23,26). The average Bonchev–Trinajstić information content (AvgIpc) is 2.66. The zero-order chi connectivity index (χ0) is 21.6. The van der Waals surface area contributed by atoms with E-state index in [1.165, 1.54) is 24.0 Å². The molecule has 0 atom stereocenters. The molecule has 0 fully saturated rings. The van der Waals surface area contributed by atoms with Crippen LogP contribution in [0.5, 0.6) is 0 Å². The highest BCUT2D eigenvalue weighted by atomic mass is 32.2. The Kier molecular flexibility index (Phi) is 7.24. The Labute approximate surface area is 169 Å². The van der Waals surface area contributed by atoms with Crippen LogP contribution in [0.4, 0.5) is 10.1 Å². The molecule has 0 aliphatic rings. The minimum Gasteiger partial charge on any atom is -0.342 e. The maximum absolute atomic E-state index is 14.0. The monoisotopic (exact) mass is 419 g/mol. The van der Waals surface area contributed by atoms with Crippen LogP contribution in [0.2, 0.25) is 0 Å². The van der Waals surface area contributed by atoms with E-state index in [1.807, 2.05) is 6.07 Å². The Morgan fingerprint density at radius 1 is 1.21 bits per heavy atom. The van der Waals surface area contributed by atoms with Gasteiger partial charge in [-0.3, -0.25) is 9.59 Å². The van der Waals surface area contributed by atoms with Crippen molar-refractivity contribution >= 4 is 27.5 Å². The molecule has 0 aliphatic heterocycles. The van der Waals surface area contributed by atoms with Gasteiger partial charge < -0.3 is 10.2 Å². The molecular formula is C20H22FN3O4S. The zero-order valence-electron chi connectivity index (χ0n) is 16.1. The zero-order valence-corrected chi connectivity index (χ0v) is 16.9. The first-order chi connectivity index (χ1) is 13.6. The number of hydrogen-bond acceptors (Lipinski definition) is 4. The highest BCUT2D eigenvalue weighted by Crippen LogP contribution is 2.18.